The molecule has 0 spiro atoms. The van der Waals surface area contributed by atoms with Gasteiger partial charge in [-0.15, -0.1) is 0 Å². The average molecular weight is 362 g/mol. The van der Waals surface area contributed by atoms with Crippen LogP contribution in [-0.4, -0.2) is 38.9 Å². The summed E-state index contributed by atoms with van der Waals surface area (Å²) in [5.41, 5.74) is 1.22. The second-order valence-corrected chi connectivity index (χ2v) is 6.78. The quantitative estimate of drug-likeness (QED) is 0.377. The molecule has 1 aromatic carbocycles. The number of rotatable bonds is 10. The van der Waals surface area contributed by atoms with Gasteiger partial charge in [0.1, 0.15) is 5.75 Å². The Labute approximate surface area is 158 Å². The van der Waals surface area contributed by atoms with Crippen LogP contribution in [0, 0.1) is 0 Å². The molecular formula is C21H35N3O2. The highest BCUT2D eigenvalue weighted by atomic mass is 16.5. The lowest BCUT2D eigenvalue weighted by Gasteiger charge is -2.23. The van der Waals surface area contributed by atoms with Crippen molar-refractivity contribution in [2.24, 2.45) is 4.99 Å². The molecule has 26 heavy (non-hydrogen) atoms. The van der Waals surface area contributed by atoms with E-state index in [4.69, 9.17) is 9.47 Å². The van der Waals surface area contributed by atoms with Gasteiger partial charge in [0.05, 0.1) is 6.10 Å². The number of hydrogen-bond acceptors (Lipinski definition) is 3. The predicted octanol–water partition coefficient (Wildman–Crippen LogP) is 3.88. The van der Waals surface area contributed by atoms with Gasteiger partial charge in [0.25, 0.3) is 0 Å². The molecule has 0 aliphatic heterocycles. The van der Waals surface area contributed by atoms with Crippen LogP contribution in [0.15, 0.2) is 29.3 Å². The number of aliphatic imine (C=N–C) groups is 1. The van der Waals surface area contributed by atoms with E-state index < -0.39 is 0 Å². The Morgan fingerprint density at radius 3 is 2.54 bits per heavy atom. The number of guanidine groups is 1. The van der Waals surface area contributed by atoms with Crippen LogP contribution < -0.4 is 15.4 Å². The van der Waals surface area contributed by atoms with E-state index in [1.54, 1.807) is 7.05 Å². The van der Waals surface area contributed by atoms with Gasteiger partial charge < -0.3 is 20.1 Å². The van der Waals surface area contributed by atoms with Gasteiger partial charge in [-0.2, -0.15) is 0 Å². The van der Waals surface area contributed by atoms with Crippen molar-refractivity contribution in [2.75, 3.05) is 26.8 Å². The van der Waals surface area contributed by atoms with Crippen molar-refractivity contribution in [2.45, 2.75) is 64.5 Å². The Kier molecular flexibility index (Phi) is 9.95. The van der Waals surface area contributed by atoms with Gasteiger partial charge in [0.15, 0.2) is 5.96 Å². The molecule has 0 radical (unpaired) electrons. The highest BCUT2D eigenvalue weighted by Gasteiger charge is 2.14. The Morgan fingerprint density at radius 1 is 1.08 bits per heavy atom. The Bertz CT molecular complexity index is 510. The summed E-state index contributed by atoms with van der Waals surface area (Å²) in [5, 5.41) is 6.70. The van der Waals surface area contributed by atoms with Crippen LogP contribution in [0.2, 0.25) is 0 Å². The lowest BCUT2D eigenvalue weighted by atomic mass is 9.98. The first-order valence-electron chi connectivity index (χ1n) is 10.1. The van der Waals surface area contributed by atoms with E-state index in [0.29, 0.717) is 6.10 Å². The normalized spacial score (nSPS) is 15.7. The topological polar surface area (TPSA) is 54.9 Å². The smallest absolute Gasteiger partial charge is 0.191 e. The average Bonchev–Trinajstić information content (AvgIpc) is 2.69. The van der Waals surface area contributed by atoms with Gasteiger partial charge in [0.2, 0.25) is 0 Å². The van der Waals surface area contributed by atoms with E-state index in [1.165, 1.54) is 37.7 Å². The fourth-order valence-corrected chi connectivity index (χ4v) is 3.15. The molecule has 5 heteroatoms. The van der Waals surface area contributed by atoms with E-state index >= 15 is 0 Å². The molecule has 1 aromatic rings. The van der Waals surface area contributed by atoms with E-state index in [-0.39, 0.29) is 0 Å². The molecule has 146 valence electrons. The van der Waals surface area contributed by atoms with Gasteiger partial charge in [-0.25, -0.2) is 0 Å². The summed E-state index contributed by atoms with van der Waals surface area (Å²) < 4.78 is 11.4. The van der Waals surface area contributed by atoms with Gasteiger partial charge in [-0.3, -0.25) is 4.99 Å². The zero-order chi connectivity index (χ0) is 18.5. The fraction of sp³-hybridized carbons (Fsp3) is 0.667. The maximum absolute atomic E-state index is 6.08. The minimum atomic E-state index is 0.401. The van der Waals surface area contributed by atoms with Crippen LogP contribution in [0.1, 0.15) is 57.4 Å². The molecule has 1 aliphatic rings. The number of hydrogen-bond donors (Lipinski definition) is 2. The molecule has 1 fully saturated rings. The lowest BCUT2D eigenvalue weighted by molar-refractivity contribution is 0.143. The molecule has 0 unspecified atom stereocenters. The van der Waals surface area contributed by atoms with E-state index in [2.05, 4.69) is 39.9 Å². The van der Waals surface area contributed by atoms with Crippen LogP contribution in [0.3, 0.4) is 0 Å². The first kappa shape index (κ1) is 20.6. The summed E-state index contributed by atoms with van der Waals surface area (Å²) in [6.45, 7) is 5.31. The maximum atomic E-state index is 6.08. The highest BCUT2D eigenvalue weighted by Crippen LogP contribution is 2.23. The number of benzene rings is 1. The van der Waals surface area contributed by atoms with Crippen molar-refractivity contribution >= 4 is 5.96 Å². The van der Waals surface area contributed by atoms with Crippen molar-refractivity contribution in [3.8, 4) is 5.75 Å². The standard InChI is InChI=1S/C21H35N3O2/c1-3-25-16-8-7-15-23-21(22-2)24-17-18-11-13-20(14-12-18)26-19-9-5-4-6-10-19/h11-14,19H,3-10,15-17H2,1-2H3,(H2,22,23,24). The summed E-state index contributed by atoms with van der Waals surface area (Å²) in [7, 11) is 1.80. The van der Waals surface area contributed by atoms with Crippen molar-refractivity contribution in [3.63, 3.8) is 0 Å². The van der Waals surface area contributed by atoms with E-state index in [9.17, 15) is 0 Å². The monoisotopic (exact) mass is 361 g/mol. The van der Waals surface area contributed by atoms with Crippen LogP contribution in [0.25, 0.3) is 0 Å². The van der Waals surface area contributed by atoms with Crippen molar-refractivity contribution in [3.05, 3.63) is 29.8 Å². The molecule has 1 saturated carbocycles. The zero-order valence-corrected chi connectivity index (χ0v) is 16.4. The summed E-state index contributed by atoms with van der Waals surface area (Å²) in [4.78, 5) is 4.27. The third-order valence-corrected chi connectivity index (χ3v) is 4.67. The first-order chi connectivity index (χ1) is 12.8. The SMILES string of the molecule is CCOCCCCNC(=NC)NCc1ccc(OC2CCCCC2)cc1. The minimum absolute atomic E-state index is 0.401. The van der Waals surface area contributed by atoms with Gasteiger partial charge in [0, 0.05) is 33.4 Å². The van der Waals surface area contributed by atoms with Crippen molar-refractivity contribution in [1.29, 1.82) is 0 Å². The summed E-state index contributed by atoms with van der Waals surface area (Å²) in [6.07, 6.45) is 8.87. The number of nitrogens with zero attached hydrogens (tertiary/aromatic N) is 1. The van der Waals surface area contributed by atoms with Gasteiger partial charge in [-0.05, 0) is 63.1 Å². The highest BCUT2D eigenvalue weighted by molar-refractivity contribution is 5.79. The minimum Gasteiger partial charge on any atom is -0.490 e. The second kappa shape index (κ2) is 12.6. The zero-order valence-electron chi connectivity index (χ0n) is 16.4. The van der Waals surface area contributed by atoms with Crippen molar-refractivity contribution < 1.29 is 9.47 Å². The molecule has 2 rings (SSSR count). The lowest BCUT2D eigenvalue weighted by Crippen LogP contribution is -2.37. The third kappa shape index (κ3) is 8.09. The predicted molar refractivity (Wildman–Crippen MR) is 108 cm³/mol. The molecule has 1 aliphatic carbocycles. The molecule has 0 atom stereocenters. The molecule has 0 amide bonds. The van der Waals surface area contributed by atoms with Crippen LogP contribution >= 0.6 is 0 Å². The third-order valence-electron chi connectivity index (χ3n) is 4.67. The largest absolute Gasteiger partial charge is 0.490 e. The Hall–Kier alpha value is -1.75. The Balaban J connectivity index is 1.65. The summed E-state index contributed by atoms with van der Waals surface area (Å²) in [6, 6.07) is 8.41. The second-order valence-electron chi connectivity index (χ2n) is 6.78. The molecule has 0 heterocycles. The van der Waals surface area contributed by atoms with E-state index in [0.717, 1.165) is 50.9 Å². The summed E-state index contributed by atoms with van der Waals surface area (Å²) >= 11 is 0. The van der Waals surface area contributed by atoms with Crippen LogP contribution in [-0.2, 0) is 11.3 Å². The molecule has 0 bridgehead atoms. The fourth-order valence-electron chi connectivity index (χ4n) is 3.15. The van der Waals surface area contributed by atoms with Gasteiger partial charge in [-0.1, -0.05) is 18.6 Å². The number of nitrogens with one attached hydrogen (secondary N) is 2. The first-order valence-corrected chi connectivity index (χ1v) is 10.1. The van der Waals surface area contributed by atoms with Gasteiger partial charge >= 0.3 is 0 Å². The maximum Gasteiger partial charge on any atom is 0.191 e. The molecular weight excluding hydrogens is 326 g/mol. The van der Waals surface area contributed by atoms with Crippen LogP contribution in [0.4, 0.5) is 0 Å². The summed E-state index contributed by atoms with van der Waals surface area (Å²) in [5.74, 6) is 1.82. The number of ether oxygens (including phenoxy) is 2. The molecule has 0 aromatic heterocycles. The number of unbranched alkanes of at least 4 members (excludes halogenated alkanes) is 1. The van der Waals surface area contributed by atoms with E-state index in [1.807, 2.05) is 6.92 Å². The van der Waals surface area contributed by atoms with Crippen LogP contribution in [0.5, 0.6) is 5.75 Å². The molecule has 2 N–H and O–H groups in total. The van der Waals surface area contributed by atoms with Crippen molar-refractivity contribution in [1.82, 2.24) is 10.6 Å². The molecule has 5 nitrogen and oxygen atoms in total. The Morgan fingerprint density at radius 2 is 1.85 bits per heavy atom. The molecule has 0 saturated heterocycles.